The fraction of sp³-hybridized carbons (Fsp3) is 0.125. The minimum Gasteiger partial charge on any atom is -0.441 e. The van der Waals surface area contributed by atoms with Gasteiger partial charge in [-0.3, -0.25) is 0 Å². The van der Waals surface area contributed by atoms with E-state index in [2.05, 4.69) is 20.4 Å². The predicted octanol–water partition coefficient (Wildman–Crippen LogP) is 4.38. The lowest BCUT2D eigenvalue weighted by atomic mass is 10.3. The van der Waals surface area contributed by atoms with Crippen LogP contribution in [0.15, 0.2) is 46.9 Å². The van der Waals surface area contributed by atoms with Gasteiger partial charge in [-0.2, -0.15) is 8.78 Å². The van der Waals surface area contributed by atoms with E-state index in [0.717, 1.165) is 0 Å². The largest absolute Gasteiger partial charge is 0.441 e. The van der Waals surface area contributed by atoms with E-state index >= 15 is 0 Å². The Kier molecular flexibility index (Phi) is 4.28. The van der Waals surface area contributed by atoms with Crippen LogP contribution >= 0.6 is 0 Å². The van der Waals surface area contributed by atoms with Gasteiger partial charge in [0.05, 0.1) is 0 Å². The van der Waals surface area contributed by atoms with Crippen LogP contribution in [0, 0.1) is 6.92 Å². The van der Waals surface area contributed by atoms with Gasteiger partial charge in [-0.25, -0.2) is 9.78 Å². The molecule has 0 aliphatic rings. The van der Waals surface area contributed by atoms with Gasteiger partial charge in [-0.1, -0.05) is 0 Å². The zero-order valence-electron chi connectivity index (χ0n) is 12.5. The normalized spacial score (nSPS) is 10.8. The maximum atomic E-state index is 12.1. The molecule has 0 saturated carbocycles. The van der Waals surface area contributed by atoms with Crippen LogP contribution in [0.5, 0.6) is 5.75 Å². The first kappa shape index (κ1) is 15.7. The Morgan fingerprint density at radius 3 is 2.50 bits per heavy atom. The highest BCUT2D eigenvalue weighted by molar-refractivity contribution is 6.00. The summed E-state index contributed by atoms with van der Waals surface area (Å²) in [5.74, 6) is 0.555. The number of carbonyl (C=O) groups excluding carboxylic acids is 1. The number of hydrogen-bond acceptors (Lipinski definition) is 4. The van der Waals surface area contributed by atoms with Crippen molar-refractivity contribution in [1.29, 1.82) is 0 Å². The molecule has 0 unspecified atom stereocenters. The van der Waals surface area contributed by atoms with Crippen LogP contribution in [-0.4, -0.2) is 17.6 Å². The Morgan fingerprint density at radius 1 is 1.12 bits per heavy atom. The van der Waals surface area contributed by atoms with E-state index in [1.165, 1.54) is 24.3 Å². The molecule has 0 radical (unpaired) electrons. The molecule has 8 heteroatoms. The average molecular weight is 333 g/mol. The van der Waals surface area contributed by atoms with Gasteiger partial charge < -0.3 is 19.8 Å². The summed E-state index contributed by atoms with van der Waals surface area (Å²) in [6, 6.07) is 10.2. The molecule has 3 aromatic rings. The number of halogens is 2. The SMILES string of the molecule is Cc1nc2ccc(NC(=O)Nc3ccc(OC(F)F)cc3)cc2o1. The number of urea groups is 1. The van der Waals surface area contributed by atoms with Crippen LogP contribution in [0.25, 0.3) is 11.1 Å². The maximum Gasteiger partial charge on any atom is 0.387 e. The minimum absolute atomic E-state index is 0.0158. The number of nitrogens with one attached hydrogen (secondary N) is 2. The Bertz CT molecular complexity index is 863. The lowest BCUT2D eigenvalue weighted by molar-refractivity contribution is -0.0498. The minimum atomic E-state index is -2.89. The molecule has 0 atom stereocenters. The van der Waals surface area contributed by atoms with Crippen molar-refractivity contribution in [3.8, 4) is 5.75 Å². The molecule has 1 aromatic heterocycles. The second kappa shape index (κ2) is 6.53. The van der Waals surface area contributed by atoms with Gasteiger partial charge in [0.1, 0.15) is 11.3 Å². The molecule has 0 aliphatic carbocycles. The lowest BCUT2D eigenvalue weighted by Gasteiger charge is -2.09. The van der Waals surface area contributed by atoms with Gasteiger partial charge in [0.2, 0.25) is 0 Å². The molecule has 1 heterocycles. The van der Waals surface area contributed by atoms with Gasteiger partial charge in [0, 0.05) is 24.4 Å². The number of fused-ring (bicyclic) bond motifs is 1. The molecule has 0 fully saturated rings. The van der Waals surface area contributed by atoms with Crippen LogP contribution in [0.1, 0.15) is 5.89 Å². The van der Waals surface area contributed by atoms with Crippen LogP contribution in [-0.2, 0) is 0 Å². The smallest absolute Gasteiger partial charge is 0.387 e. The van der Waals surface area contributed by atoms with Crippen molar-refractivity contribution < 1.29 is 22.7 Å². The first-order chi connectivity index (χ1) is 11.5. The van der Waals surface area contributed by atoms with Crippen LogP contribution < -0.4 is 15.4 Å². The summed E-state index contributed by atoms with van der Waals surface area (Å²) >= 11 is 0. The van der Waals surface area contributed by atoms with Gasteiger partial charge in [0.25, 0.3) is 0 Å². The Hall–Kier alpha value is -3.16. The molecule has 2 aromatic carbocycles. The van der Waals surface area contributed by atoms with Crippen LogP contribution in [0.2, 0.25) is 0 Å². The zero-order chi connectivity index (χ0) is 17.1. The van der Waals surface area contributed by atoms with E-state index in [0.29, 0.717) is 28.4 Å². The van der Waals surface area contributed by atoms with Crippen molar-refractivity contribution in [2.75, 3.05) is 10.6 Å². The number of aryl methyl sites for hydroxylation is 1. The highest BCUT2D eigenvalue weighted by Crippen LogP contribution is 2.21. The topological polar surface area (TPSA) is 76.4 Å². The number of carbonyl (C=O) groups is 1. The van der Waals surface area contributed by atoms with E-state index in [4.69, 9.17) is 4.42 Å². The molecule has 0 saturated heterocycles. The molecular formula is C16H13F2N3O3. The molecule has 0 spiro atoms. The lowest BCUT2D eigenvalue weighted by Crippen LogP contribution is -2.19. The Balaban J connectivity index is 1.63. The Labute approximate surface area is 135 Å². The number of oxazole rings is 1. The highest BCUT2D eigenvalue weighted by atomic mass is 19.3. The van der Waals surface area contributed by atoms with Crippen molar-refractivity contribution in [3.05, 3.63) is 48.4 Å². The number of aromatic nitrogens is 1. The molecule has 3 rings (SSSR count). The van der Waals surface area contributed by atoms with E-state index < -0.39 is 12.6 Å². The average Bonchev–Trinajstić information content (AvgIpc) is 2.88. The number of hydrogen-bond donors (Lipinski definition) is 2. The van der Waals surface area contributed by atoms with Crippen molar-refractivity contribution in [3.63, 3.8) is 0 Å². The molecule has 6 nitrogen and oxygen atoms in total. The molecular weight excluding hydrogens is 320 g/mol. The highest BCUT2D eigenvalue weighted by Gasteiger charge is 2.08. The summed E-state index contributed by atoms with van der Waals surface area (Å²) in [5, 5.41) is 5.23. The van der Waals surface area contributed by atoms with Gasteiger partial charge in [-0.15, -0.1) is 0 Å². The van der Waals surface area contributed by atoms with Crippen molar-refractivity contribution in [1.82, 2.24) is 4.98 Å². The zero-order valence-corrected chi connectivity index (χ0v) is 12.5. The number of anilines is 2. The molecule has 2 amide bonds. The number of alkyl halides is 2. The molecule has 124 valence electrons. The first-order valence-electron chi connectivity index (χ1n) is 7.00. The second-order valence-corrected chi connectivity index (χ2v) is 4.90. The third-order valence-electron chi connectivity index (χ3n) is 3.09. The third kappa shape index (κ3) is 3.78. The van der Waals surface area contributed by atoms with Gasteiger partial charge in [0.15, 0.2) is 11.5 Å². The van der Waals surface area contributed by atoms with Crippen molar-refractivity contribution in [2.24, 2.45) is 0 Å². The molecule has 2 N–H and O–H groups in total. The number of nitrogens with zero attached hydrogens (tertiary/aromatic N) is 1. The number of benzene rings is 2. The molecule has 0 bridgehead atoms. The first-order valence-corrected chi connectivity index (χ1v) is 7.00. The van der Waals surface area contributed by atoms with Gasteiger partial charge >= 0.3 is 12.6 Å². The van der Waals surface area contributed by atoms with Crippen LogP contribution in [0.4, 0.5) is 25.0 Å². The maximum absolute atomic E-state index is 12.1. The summed E-state index contributed by atoms with van der Waals surface area (Å²) in [5.41, 5.74) is 2.24. The predicted molar refractivity (Wildman–Crippen MR) is 84.5 cm³/mol. The van der Waals surface area contributed by atoms with Crippen molar-refractivity contribution in [2.45, 2.75) is 13.5 Å². The Morgan fingerprint density at radius 2 is 1.79 bits per heavy atom. The second-order valence-electron chi connectivity index (χ2n) is 4.90. The summed E-state index contributed by atoms with van der Waals surface area (Å²) in [4.78, 5) is 16.1. The fourth-order valence-corrected chi connectivity index (χ4v) is 2.13. The molecule has 24 heavy (non-hydrogen) atoms. The number of rotatable bonds is 4. The number of amides is 2. The van der Waals surface area contributed by atoms with Crippen LogP contribution in [0.3, 0.4) is 0 Å². The van der Waals surface area contributed by atoms with E-state index in [-0.39, 0.29) is 5.75 Å². The fourth-order valence-electron chi connectivity index (χ4n) is 2.13. The standard InChI is InChI=1S/C16H13F2N3O3/c1-9-19-13-7-4-11(8-14(13)23-9)21-16(22)20-10-2-5-12(6-3-10)24-15(17)18/h2-8,15H,1H3,(H2,20,21,22). The monoisotopic (exact) mass is 333 g/mol. The summed E-state index contributed by atoms with van der Waals surface area (Å²) in [6.07, 6.45) is 0. The van der Waals surface area contributed by atoms with E-state index in [1.54, 1.807) is 25.1 Å². The third-order valence-corrected chi connectivity index (χ3v) is 3.09. The summed E-state index contributed by atoms with van der Waals surface area (Å²) < 4.78 is 33.8. The van der Waals surface area contributed by atoms with Crippen molar-refractivity contribution >= 4 is 28.5 Å². The summed E-state index contributed by atoms with van der Waals surface area (Å²) in [6.45, 7) is -1.15. The number of ether oxygens (including phenoxy) is 1. The molecule has 0 aliphatic heterocycles. The van der Waals surface area contributed by atoms with E-state index in [9.17, 15) is 13.6 Å². The van der Waals surface area contributed by atoms with E-state index in [1.807, 2.05) is 0 Å². The van der Waals surface area contributed by atoms with Gasteiger partial charge in [-0.05, 0) is 36.4 Å². The summed E-state index contributed by atoms with van der Waals surface area (Å²) in [7, 11) is 0. The quantitative estimate of drug-likeness (QED) is 0.743.